The zero-order valence-corrected chi connectivity index (χ0v) is 21.9. The zero-order valence-electron chi connectivity index (χ0n) is 21.9. The van der Waals surface area contributed by atoms with E-state index in [0.29, 0.717) is 41.6 Å². The van der Waals surface area contributed by atoms with Crippen LogP contribution in [0.4, 0.5) is 11.5 Å². The number of fused-ring (bicyclic) bond motifs is 1. The molecule has 2 aliphatic heterocycles. The van der Waals surface area contributed by atoms with Crippen molar-refractivity contribution in [3.63, 3.8) is 0 Å². The first-order valence-corrected chi connectivity index (χ1v) is 12.9. The number of aliphatic hydroxyl groups is 1. The molecule has 1 saturated carbocycles. The Balaban J connectivity index is 1.25. The smallest absolute Gasteiger partial charge is 0.252 e. The number of hydrogen-bond acceptors (Lipinski definition) is 7. The summed E-state index contributed by atoms with van der Waals surface area (Å²) in [5, 5.41) is 10.2. The van der Waals surface area contributed by atoms with E-state index in [0.717, 1.165) is 43.5 Å². The molecular formula is C28H37N5O3. The Morgan fingerprint density at radius 3 is 2.36 bits per heavy atom. The Hall–Kier alpha value is -3.00. The van der Waals surface area contributed by atoms with Crippen LogP contribution in [0.15, 0.2) is 29.3 Å². The summed E-state index contributed by atoms with van der Waals surface area (Å²) < 4.78 is 6.18. The van der Waals surface area contributed by atoms with E-state index in [2.05, 4.69) is 34.2 Å². The largest absolute Gasteiger partial charge is 0.463 e. The topological polar surface area (TPSA) is 114 Å². The second kappa shape index (κ2) is 8.83. The minimum absolute atomic E-state index is 0.110. The van der Waals surface area contributed by atoms with Gasteiger partial charge in [0, 0.05) is 24.1 Å². The molecule has 0 bridgehead atoms. The Morgan fingerprint density at radius 1 is 1.08 bits per heavy atom. The first-order chi connectivity index (χ1) is 16.9. The predicted octanol–water partition coefficient (Wildman–Crippen LogP) is 4.16. The number of aliphatic imine (C=N–C) groups is 1. The summed E-state index contributed by atoms with van der Waals surface area (Å²) in [6.45, 7) is 11.1. The van der Waals surface area contributed by atoms with Gasteiger partial charge in [0.25, 0.3) is 5.91 Å². The van der Waals surface area contributed by atoms with Crippen LogP contribution in [0.25, 0.3) is 0 Å². The van der Waals surface area contributed by atoms with Crippen LogP contribution in [0.5, 0.6) is 5.88 Å². The lowest BCUT2D eigenvalue weighted by Crippen LogP contribution is -2.41. The summed E-state index contributed by atoms with van der Waals surface area (Å²) in [5.41, 5.74) is 8.73. The molecule has 1 amide bonds. The van der Waals surface area contributed by atoms with Gasteiger partial charge in [0.2, 0.25) is 5.88 Å². The van der Waals surface area contributed by atoms with Crippen molar-refractivity contribution in [2.45, 2.75) is 77.9 Å². The SMILES string of the molecule is Cc1nc(N)c2c(n1)OC(C)(C)C(c1ccc(C3CCC(CN4CC(C)(C)C(O)C4=O)CC3)cc1)=N2. The molecule has 3 heterocycles. The molecule has 1 saturated heterocycles. The highest BCUT2D eigenvalue weighted by molar-refractivity contribution is 6.09. The quantitative estimate of drug-likeness (QED) is 0.664. The molecular weight excluding hydrogens is 454 g/mol. The Kier molecular flexibility index (Phi) is 6.06. The highest BCUT2D eigenvalue weighted by Gasteiger charge is 2.45. The number of ether oxygens (including phenoxy) is 1. The van der Waals surface area contributed by atoms with Crippen molar-refractivity contribution >= 4 is 23.1 Å². The van der Waals surface area contributed by atoms with E-state index in [1.807, 2.05) is 32.6 Å². The molecule has 1 aromatic carbocycles. The average molecular weight is 492 g/mol. The van der Waals surface area contributed by atoms with Gasteiger partial charge in [-0.2, -0.15) is 4.98 Å². The molecule has 0 radical (unpaired) electrons. The normalized spacial score (nSPS) is 26.8. The summed E-state index contributed by atoms with van der Waals surface area (Å²) in [5.74, 6) is 2.21. The van der Waals surface area contributed by atoms with E-state index in [9.17, 15) is 9.90 Å². The molecule has 8 nitrogen and oxygen atoms in total. The second-order valence-electron chi connectivity index (χ2n) is 11.8. The standard InChI is InChI=1S/C28H37N5O3/c1-16-30-24(29)21-25(31-16)36-28(4,5)22(32-21)20-12-10-19(11-13-20)18-8-6-17(7-9-18)14-33-15-27(2,3)23(34)26(33)35/h10-13,17-18,23,34H,6-9,14-15H2,1-5H3,(H2,29,30,31). The average Bonchev–Trinajstić information content (AvgIpc) is 3.00. The van der Waals surface area contributed by atoms with Gasteiger partial charge in [0.15, 0.2) is 11.5 Å². The molecule has 3 aliphatic rings. The zero-order chi connectivity index (χ0) is 25.8. The number of nitrogen functional groups attached to an aromatic ring is 1. The van der Waals surface area contributed by atoms with Gasteiger partial charge >= 0.3 is 0 Å². The number of likely N-dealkylation sites (tertiary alicyclic amines) is 1. The molecule has 0 spiro atoms. The van der Waals surface area contributed by atoms with Gasteiger partial charge in [-0.1, -0.05) is 38.1 Å². The minimum Gasteiger partial charge on any atom is -0.463 e. The summed E-state index contributed by atoms with van der Waals surface area (Å²) in [6.07, 6.45) is 3.52. The number of benzene rings is 1. The summed E-state index contributed by atoms with van der Waals surface area (Å²) in [7, 11) is 0. The van der Waals surface area contributed by atoms with E-state index in [1.54, 1.807) is 6.92 Å². The number of carbonyl (C=O) groups excluding carboxylic acids is 1. The van der Waals surface area contributed by atoms with E-state index in [-0.39, 0.29) is 11.3 Å². The van der Waals surface area contributed by atoms with Gasteiger partial charge in [0.05, 0.1) is 5.71 Å². The van der Waals surface area contributed by atoms with Crippen LogP contribution in [0.1, 0.15) is 76.2 Å². The van der Waals surface area contributed by atoms with Crippen LogP contribution < -0.4 is 10.5 Å². The van der Waals surface area contributed by atoms with E-state index < -0.39 is 11.7 Å². The number of anilines is 1. The third-order valence-electron chi connectivity index (χ3n) is 8.00. The monoisotopic (exact) mass is 491 g/mol. The fourth-order valence-electron chi connectivity index (χ4n) is 5.91. The Bertz CT molecular complexity index is 1200. The van der Waals surface area contributed by atoms with Crippen LogP contribution in [0, 0.1) is 18.3 Å². The first kappa shape index (κ1) is 24.7. The van der Waals surface area contributed by atoms with Gasteiger partial charge in [-0.15, -0.1) is 0 Å². The van der Waals surface area contributed by atoms with Gasteiger partial charge in [-0.05, 0) is 63.9 Å². The molecule has 1 aliphatic carbocycles. The van der Waals surface area contributed by atoms with Crippen LogP contribution in [-0.4, -0.2) is 56.4 Å². The minimum atomic E-state index is -0.877. The second-order valence-corrected chi connectivity index (χ2v) is 11.8. The van der Waals surface area contributed by atoms with Crippen molar-refractivity contribution in [3.8, 4) is 5.88 Å². The molecule has 8 heteroatoms. The van der Waals surface area contributed by atoms with Crippen molar-refractivity contribution in [1.29, 1.82) is 0 Å². The molecule has 2 aromatic rings. The van der Waals surface area contributed by atoms with Crippen molar-refractivity contribution in [3.05, 3.63) is 41.2 Å². The number of nitrogens with two attached hydrogens (primary N) is 1. The number of aliphatic hydroxyl groups excluding tert-OH is 1. The highest BCUT2D eigenvalue weighted by Crippen LogP contribution is 2.41. The van der Waals surface area contributed by atoms with Crippen LogP contribution in [-0.2, 0) is 4.79 Å². The Morgan fingerprint density at radius 2 is 1.75 bits per heavy atom. The van der Waals surface area contributed by atoms with E-state index in [4.69, 9.17) is 15.5 Å². The number of hydrogen-bond donors (Lipinski definition) is 2. The number of carbonyl (C=O) groups is 1. The first-order valence-electron chi connectivity index (χ1n) is 12.9. The fraction of sp³-hybridized carbons (Fsp3) is 0.571. The lowest BCUT2D eigenvalue weighted by atomic mass is 9.78. The number of nitrogens with zero attached hydrogens (tertiary/aromatic N) is 4. The highest BCUT2D eigenvalue weighted by atomic mass is 16.5. The molecule has 192 valence electrons. The maximum absolute atomic E-state index is 12.4. The van der Waals surface area contributed by atoms with E-state index in [1.165, 1.54) is 5.56 Å². The van der Waals surface area contributed by atoms with Gasteiger partial charge < -0.3 is 20.5 Å². The van der Waals surface area contributed by atoms with Crippen molar-refractivity contribution in [2.75, 3.05) is 18.8 Å². The maximum Gasteiger partial charge on any atom is 0.252 e. The van der Waals surface area contributed by atoms with E-state index >= 15 is 0 Å². The molecule has 3 N–H and O–H groups in total. The summed E-state index contributed by atoms with van der Waals surface area (Å²) in [4.78, 5) is 27.7. The van der Waals surface area contributed by atoms with Crippen LogP contribution in [0.3, 0.4) is 0 Å². The fourth-order valence-corrected chi connectivity index (χ4v) is 5.91. The molecule has 36 heavy (non-hydrogen) atoms. The molecule has 1 aromatic heterocycles. The number of aryl methyl sites for hydroxylation is 1. The number of amides is 1. The van der Waals surface area contributed by atoms with Crippen molar-refractivity contribution in [2.24, 2.45) is 16.3 Å². The molecule has 1 atom stereocenters. The van der Waals surface area contributed by atoms with Gasteiger partial charge in [0.1, 0.15) is 17.5 Å². The Labute approximate surface area is 213 Å². The van der Waals surface area contributed by atoms with Gasteiger partial charge in [-0.3, -0.25) is 4.79 Å². The third kappa shape index (κ3) is 4.47. The predicted molar refractivity (Wildman–Crippen MR) is 140 cm³/mol. The van der Waals surface area contributed by atoms with Crippen LogP contribution >= 0.6 is 0 Å². The van der Waals surface area contributed by atoms with Crippen LogP contribution in [0.2, 0.25) is 0 Å². The number of aromatic nitrogens is 2. The molecule has 5 rings (SSSR count). The molecule has 2 fully saturated rings. The lowest BCUT2D eigenvalue weighted by molar-refractivity contribution is -0.136. The molecule has 1 unspecified atom stereocenters. The summed E-state index contributed by atoms with van der Waals surface area (Å²) >= 11 is 0. The lowest BCUT2D eigenvalue weighted by Gasteiger charge is -2.33. The van der Waals surface area contributed by atoms with Gasteiger partial charge in [-0.25, -0.2) is 9.98 Å². The van der Waals surface area contributed by atoms with Crippen molar-refractivity contribution < 1.29 is 14.6 Å². The van der Waals surface area contributed by atoms with Crippen molar-refractivity contribution in [1.82, 2.24) is 14.9 Å². The third-order valence-corrected chi connectivity index (χ3v) is 8.00. The number of rotatable bonds is 4. The maximum atomic E-state index is 12.4. The summed E-state index contributed by atoms with van der Waals surface area (Å²) in [6, 6.07) is 8.64.